The molecule has 0 N–H and O–H groups in total. The molecular weight excluding hydrogens is 356 g/mol. The number of thioether (sulfide) groups is 1. The Kier molecular flexibility index (Phi) is 3.90. The molecule has 6 heteroatoms. The molecule has 0 amide bonds. The Labute approximate surface area is 160 Å². The Morgan fingerprint density at radius 3 is 2.67 bits per heavy atom. The number of ether oxygens (including phenoxy) is 1. The third kappa shape index (κ3) is 2.88. The van der Waals surface area contributed by atoms with Gasteiger partial charge in [0.15, 0.2) is 5.82 Å². The minimum atomic E-state index is 0.717. The molecule has 1 aliphatic rings. The Balaban J connectivity index is 1.59. The summed E-state index contributed by atoms with van der Waals surface area (Å²) in [5.41, 5.74) is 3.07. The average Bonchev–Trinajstić information content (AvgIpc) is 3.16. The second-order valence-electron chi connectivity index (χ2n) is 6.25. The van der Waals surface area contributed by atoms with Crippen LogP contribution in [0.3, 0.4) is 0 Å². The van der Waals surface area contributed by atoms with Crippen LogP contribution in [0.2, 0.25) is 0 Å². The second kappa shape index (κ2) is 6.55. The lowest BCUT2D eigenvalue weighted by atomic mass is 10.0. The second-order valence-corrected chi connectivity index (χ2v) is 7.19. The van der Waals surface area contributed by atoms with Crippen LogP contribution in [-0.2, 0) is 0 Å². The van der Waals surface area contributed by atoms with E-state index in [-0.39, 0.29) is 0 Å². The van der Waals surface area contributed by atoms with Crippen LogP contribution in [0.15, 0.2) is 77.0 Å². The van der Waals surface area contributed by atoms with Crippen molar-refractivity contribution < 1.29 is 4.74 Å². The summed E-state index contributed by atoms with van der Waals surface area (Å²) in [6.45, 7) is 0. The standard InChI is InChI=1S/C21H16N4OS/c1-26-18-8-4-7-17(12-18)20-22-23-21-25(20)24-19(13-27-21)16-10-9-14-5-2-3-6-15(14)11-16/h2-12H,13H2,1H3. The van der Waals surface area contributed by atoms with E-state index in [9.17, 15) is 0 Å². The molecule has 5 rings (SSSR count). The van der Waals surface area contributed by atoms with Crippen molar-refractivity contribution in [2.45, 2.75) is 5.16 Å². The van der Waals surface area contributed by atoms with Crippen molar-refractivity contribution in [2.24, 2.45) is 5.10 Å². The summed E-state index contributed by atoms with van der Waals surface area (Å²) in [6, 6.07) is 22.6. The van der Waals surface area contributed by atoms with Gasteiger partial charge in [-0.3, -0.25) is 0 Å². The minimum Gasteiger partial charge on any atom is -0.497 e. The summed E-state index contributed by atoms with van der Waals surface area (Å²) in [4.78, 5) is 0. The van der Waals surface area contributed by atoms with E-state index in [0.29, 0.717) is 0 Å². The lowest BCUT2D eigenvalue weighted by Gasteiger charge is -2.14. The molecule has 0 fully saturated rings. The van der Waals surface area contributed by atoms with Gasteiger partial charge in [0.05, 0.1) is 12.8 Å². The fourth-order valence-electron chi connectivity index (χ4n) is 3.18. The monoisotopic (exact) mass is 372 g/mol. The molecule has 1 aliphatic heterocycles. The van der Waals surface area contributed by atoms with E-state index in [2.05, 4.69) is 52.7 Å². The molecule has 132 valence electrons. The molecule has 0 atom stereocenters. The summed E-state index contributed by atoms with van der Waals surface area (Å²) < 4.78 is 7.16. The molecular formula is C21H16N4OS. The maximum Gasteiger partial charge on any atom is 0.212 e. The first-order chi connectivity index (χ1) is 13.3. The molecule has 2 heterocycles. The number of rotatable bonds is 3. The third-order valence-electron chi connectivity index (χ3n) is 4.58. The molecule has 0 bridgehead atoms. The number of aromatic nitrogens is 3. The summed E-state index contributed by atoms with van der Waals surface area (Å²) in [6.07, 6.45) is 0. The van der Waals surface area contributed by atoms with Crippen molar-refractivity contribution in [1.82, 2.24) is 14.9 Å². The first-order valence-corrected chi connectivity index (χ1v) is 9.60. The van der Waals surface area contributed by atoms with Gasteiger partial charge in [-0.1, -0.05) is 60.3 Å². The molecule has 27 heavy (non-hydrogen) atoms. The zero-order valence-corrected chi connectivity index (χ0v) is 15.5. The SMILES string of the molecule is COc1cccc(-c2nnc3n2N=C(c2ccc4ccccc4c2)CS3)c1. The van der Waals surface area contributed by atoms with Gasteiger partial charge in [-0.15, -0.1) is 10.2 Å². The van der Waals surface area contributed by atoms with E-state index in [1.54, 1.807) is 18.9 Å². The van der Waals surface area contributed by atoms with Crippen LogP contribution in [0, 0.1) is 0 Å². The van der Waals surface area contributed by atoms with E-state index < -0.39 is 0 Å². The smallest absolute Gasteiger partial charge is 0.212 e. The van der Waals surface area contributed by atoms with Crippen LogP contribution in [0.5, 0.6) is 5.75 Å². The van der Waals surface area contributed by atoms with E-state index >= 15 is 0 Å². The topological polar surface area (TPSA) is 52.3 Å². The number of benzene rings is 3. The average molecular weight is 372 g/mol. The zero-order valence-electron chi connectivity index (χ0n) is 14.7. The minimum absolute atomic E-state index is 0.717. The van der Waals surface area contributed by atoms with Crippen LogP contribution >= 0.6 is 11.8 Å². The van der Waals surface area contributed by atoms with Crippen LogP contribution in [0.25, 0.3) is 22.2 Å². The predicted molar refractivity (Wildman–Crippen MR) is 109 cm³/mol. The van der Waals surface area contributed by atoms with Gasteiger partial charge in [0.25, 0.3) is 0 Å². The molecule has 0 aliphatic carbocycles. The largest absolute Gasteiger partial charge is 0.497 e. The Morgan fingerprint density at radius 2 is 1.78 bits per heavy atom. The molecule has 0 spiro atoms. The first-order valence-electron chi connectivity index (χ1n) is 8.61. The Hall–Kier alpha value is -3.12. The Bertz CT molecular complexity index is 1180. The molecule has 0 unspecified atom stereocenters. The number of nitrogens with zero attached hydrogens (tertiary/aromatic N) is 4. The maximum absolute atomic E-state index is 5.33. The molecule has 5 nitrogen and oxygen atoms in total. The third-order valence-corrected chi connectivity index (χ3v) is 5.51. The molecule has 0 radical (unpaired) electrons. The van der Waals surface area contributed by atoms with Crippen LogP contribution in [0.1, 0.15) is 5.56 Å². The van der Waals surface area contributed by atoms with Gasteiger partial charge >= 0.3 is 0 Å². The lowest BCUT2D eigenvalue weighted by molar-refractivity contribution is 0.415. The fourth-order valence-corrected chi connectivity index (χ4v) is 4.02. The summed E-state index contributed by atoms with van der Waals surface area (Å²) in [5, 5.41) is 16.8. The van der Waals surface area contributed by atoms with Gasteiger partial charge in [-0.2, -0.15) is 9.78 Å². The van der Waals surface area contributed by atoms with Crippen LogP contribution < -0.4 is 4.74 Å². The molecule has 0 saturated heterocycles. The molecule has 4 aromatic rings. The number of hydrogen-bond donors (Lipinski definition) is 0. The van der Waals surface area contributed by atoms with Crippen molar-refractivity contribution in [3.8, 4) is 17.1 Å². The number of fused-ring (bicyclic) bond motifs is 2. The van der Waals surface area contributed by atoms with Crippen molar-refractivity contribution in [2.75, 3.05) is 12.9 Å². The van der Waals surface area contributed by atoms with Crippen molar-refractivity contribution >= 4 is 28.2 Å². The maximum atomic E-state index is 5.33. The number of hydrogen-bond acceptors (Lipinski definition) is 5. The van der Waals surface area contributed by atoms with E-state index in [0.717, 1.165) is 39.3 Å². The van der Waals surface area contributed by atoms with Gasteiger partial charge in [0.2, 0.25) is 5.16 Å². The van der Waals surface area contributed by atoms with Crippen molar-refractivity contribution in [3.05, 3.63) is 72.3 Å². The van der Waals surface area contributed by atoms with E-state index in [1.807, 2.05) is 28.9 Å². The highest BCUT2D eigenvalue weighted by Crippen LogP contribution is 2.30. The normalized spacial score (nSPS) is 13.3. The zero-order chi connectivity index (χ0) is 18.2. The predicted octanol–water partition coefficient (Wildman–Crippen LogP) is 4.47. The fraction of sp³-hybridized carbons (Fsp3) is 0.0952. The summed E-state index contributed by atoms with van der Waals surface area (Å²) >= 11 is 1.65. The molecule has 1 aromatic heterocycles. The quantitative estimate of drug-likeness (QED) is 0.533. The van der Waals surface area contributed by atoms with Crippen LogP contribution in [0.4, 0.5) is 0 Å². The van der Waals surface area contributed by atoms with Gasteiger partial charge in [0, 0.05) is 11.3 Å². The highest BCUT2D eigenvalue weighted by Gasteiger charge is 2.21. The van der Waals surface area contributed by atoms with Crippen LogP contribution in [-0.4, -0.2) is 33.4 Å². The van der Waals surface area contributed by atoms with E-state index in [1.165, 1.54) is 10.8 Å². The summed E-state index contributed by atoms with van der Waals surface area (Å²) in [5.74, 6) is 2.27. The van der Waals surface area contributed by atoms with Gasteiger partial charge in [-0.05, 0) is 34.5 Å². The highest BCUT2D eigenvalue weighted by atomic mass is 32.2. The molecule has 0 saturated carbocycles. The van der Waals surface area contributed by atoms with Gasteiger partial charge in [-0.25, -0.2) is 0 Å². The van der Waals surface area contributed by atoms with Gasteiger partial charge in [0.1, 0.15) is 5.75 Å². The highest BCUT2D eigenvalue weighted by molar-refractivity contribution is 7.99. The Morgan fingerprint density at radius 1 is 0.889 bits per heavy atom. The molecule has 3 aromatic carbocycles. The van der Waals surface area contributed by atoms with E-state index in [4.69, 9.17) is 9.84 Å². The van der Waals surface area contributed by atoms with Gasteiger partial charge < -0.3 is 4.74 Å². The lowest BCUT2D eigenvalue weighted by Crippen LogP contribution is -2.13. The number of methoxy groups -OCH3 is 1. The van der Waals surface area contributed by atoms with Crippen molar-refractivity contribution in [3.63, 3.8) is 0 Å². The first kappa shape index (κ1) is 16.1. The van der Waals surface area contributed by atoms with Crippen molar-refractivity contribution in [1.29, 1.82) is 0 Å². The summed E-state index contributed by atoms with van der Waals surface area (Å²) in [7, 11) is 1.66.